The second-order valence-electron chi connectivity index (χ2n) is 3.08. The summed E-state index contributed by atoms with van der Waals surface area (Å²) in [7, 11) is 0. The number of aliphatic hydroxyl groups excluding tert-OH is 1. The van der Waals surface area contributed by atoms with Crippen LogP contribution in [0.3, 0.4) is 0 Å². The Bertz CT molecular complexity index is 368. The molecule has 17 heavy (non-hydrogen) atoms. The second kappa shape index (κ2) is 11.2. The molecule has 0 fully saturated rings. The molecule has 0 saturated heterocycles. The van der Waals surface area contributed by atoms with Crippen LogP contribution in [-0.2, 0) is 24.9 Å². The van der Waals surface area contributed by atoms with Gasteiger partial charge < -0.3 is 10.1 Å². The van der Waals surface area contributed by atoms with E-state index in [1.807, 2.05) is 31.2 Å². The third-order valence-corrected chi connectivity index (χ3v) is 1.39. The van der Waals surface area contributed by atoms with Crippen molar-refractivity contribution in [2.45, 2.75) is 20.8 Å². The number of hydrogen-bond donors (Lipinski definition) is 1. The van der Waals surface area contributed by atoms with E-state index in [4.69, 9.17) is 5.11 Å². The molecule has 1 rings (SSSR count). The van der Waals surface area contributed by atoms with Gasteiger partial charge in [0.25, 0.3) is 0 Å². The molecule has 0 amide bonds. The number of allylic oxidation sites excluding steroid dienone is 3. The van der Waals surface area contributed by atoms with Crippen LogP contribution < -0.4 is 0 Å². The molecule has 0 aromatic carbocycles. The molecule has 1 radical (unpaired) electrons. The van der Waals surface area contributed by atoms with E-state index in [-0.39, 0.29) is 31.6 Å². The molecule has 0 aliphatic heterocycles. The van der Waals surface area contributed by atoms with Crippen LogP contribution in [0.15, 0.2) is 36.2 Å². The zero-order chi connectivity index (χ0) is 12.4. The Morgan fingerprint density at radius 1 is 1.41 bits per heavy atom. The summed E-state index contributed by atoms with van der Waals surface area (Å²) in [5.41, 5.74) is 0.958. The summed E-state index contributed by atoms with van der Waals surface area (Å²) in [4.78, 5) is 14.1. The number of ketones is 1. The molecular formula is C13H16IrNO2-. The van der Waals surface area contributed by atoms with Crippen LogP contribution in [0.4, 0.5) is 0 Å². The maximum atomic E-state index is 10.0. The zero-order valence-corrected chi connectivity index (χ0v) is 12.5. The third-order valence-electron chi connectivity index (χ3n) is 1.39. The number of nitrogens with zero attached hydrogens (tertiary/aromatic N) is 1. The average molecular weight is 410 g/mol. The molecule has 95 valence electrons. The van der Waals surface area contributed by atoms with E-state index >= 15 is 0 Å². The van der Waals surface area contributed by atoms with E-state index in [1.165, 1.54) is 19.9 Å². The minimum Gasteiger partial charge on any atom is -0.512 e. The fourth-order valence-electron chi connectivity index (χ4n) is 0.903. The Balaban J connectivity index is 0. The standard InChI is InChI=1S/C8H8N.C5H8O2.Ir/c1-2-5-8-6-3-4-7-9-8;1-4(6)3-5(2)7;/h3-7H,1H3;3,6H,1-2H3;/q-1;;/b;4-3-;. The first-order valence-corrected chi connectivity index (χ1v) is 4.85. The number of pyridine rings is 1. The molecule has 0 atom stereocenters. The first-order chi connectivity index (χ1) is 7.56. The van der Waals surface area contributed by atoms with Gasteiger partial charge in [0.1, 0.15) is 0 Å². The predicted molar refractivity (Wildman–Crippen MR) is 64.7 cm³/mol. The van der Waals surface area contributed by atoms with Gasteiger partial charge in [-0.1, -0.05) is 11.8 Å². The number of aromatic nitrogens is 1. The molecule has 1 aromatic heterocycles. The normalized spacial score (nSPS) is 10.2. The van der Waals surface area contributed by atoms with Gasteiger partial charge in [-0.2, -0.15) is 0 Å². The van der Waals surface area contributed by atoms with Crippen LogP contribution in [0, 0.1) is 6.08 Å². The molecule has 1 heterocycles. The van der Waals surface area contributed by atoms with E-state index in [0.29, 0.717) is 0 Å². The molecule has 0 aliphatic rings. The zero-order valence-electron chi connectivity index (χ0n) is 10.1. The Hall–Kier alpha value is -1.25. The van der Waals surface area contributed by atoms with Crippen molar-refractivity contribution in [2.75, 3.05) is 0 Å². The molecular weight excluding hydrogens is 394 g/mol. The van der Waals surface area contributed by atoms with E-state index in [2.05, 4.69) is 11.1 Å². The van der Waals surface area contributed by atoms with E-state index < -0.39 is 0 Å². The van der Waals surface area contributed by atoms with E-state index in [1.54, 1.807) is 6.20 Å². The van der Waals surface area contributed by atoms with Gasteiger partial charge in [-0.25, -0.2) is 6.08 Å². The average Bonchev–Trinajstić information content (AvgIpc) is 2.18. The summed E-state index contributed by atoms with van der Waals surface area (Å²) >= 11 is 0. The smallest absolute Gasteiger partial charge is 0.155 e. The van der Waals surface area contributed by atoms with Crippen LogP contribution in [0.25, 0.3) is 6.08 Å². The maximum Gasteiger partial charge on any atom is 0.155 e. The van der Waals surface area contributed by atoms with E-state index in [0.717, 1.165) is 5.69 Å². The fourth-order valence-corrected chi connectivity index (χ4v) is 0.903. The summed E-state index contributed by atoms with van der Waals surface area (Å²) < 4.78 is 0. The van der Waals surface area contributed by atoms with Crippen LogP contribution in [0.2, 0.25) is 0 Å². The molecule has 0 aliphatic carbocycles. The summed E-state index contributed by atoms with van der Waals surface area (Å²) in [6, 6.07) is 5.79. The van der Waals surface area contributed by atoms with E-state index in [9.17, 15) is 4.79 Å². The van der Waals surface area contributed by atoms with Crippen molar-refractivity contribution >= 4 is 11.9 Å². The first-order valence-electron chi connectivity index (χ1n) is 4.85. The minimum absolute atomic E-state index is 0. The van der Waals surface area contributed by atoms with Gasteiger partial charge in [-0.3, -0.25) is 10.9 Å². The van der Waals surface area contributed by atoms with Gasteiger partial charge in [0.15, 0.2) is 5.78 Å². The van der Waals surface area contributed by atoms with Crippen LogP contribution in [-0.4, -0.2) is 15.9 Å². The van der Waals surface area contributed by atoms with Gasteiger partial charge in [0.05, 0.1) is 5.76 Å². The predicted octanol–water partition coefficient (Wildman–Crippen LogP) is 2.95. The second-order valence-corrected chi connectivity index (χ2v) is 3.08. The van der Waals surface area contributed by atoms with Crippen LogP contribution in [0.5, 0.6) is 0 Å². The van der Waals surface area contributed by atoms with Crippen molar-refractivity contribution in [3.63, 3.8) is 0 Å². The van der Waals surface area contributed by atoms with Gasteiger partial charge in [-0.05, 0) is 19.9 Å². The quantitative estimate of drug-likeness (QED) is 0.463. The Morgan fingerprint density at radius 2 is 2.06 bits per heavy atom. The SMILES string of the molecule is CC(=O)/C=C(/C)O.C[C-]=Cc1ccccn1.[Ir]. The molecule has 1 aromatic rings. The monoisotopic (exact) mass is 411 g/mol. The van der Waals surface area contributed by atoms with Crippen molar-refractivity contribution in [3.05, 3.63) is 48.0 Å². The van der Waals surface area contributed by atoms with Gasteiger partial charge >= 0.3 is 0 Å². The topological polar surface area (TPSA) is 50.2 Å². The van der Waals surface area contributed by atoms with Crippen LogP contribution >= 0.6 is 0 Å². The Kier molecular flexibility index (Phi) is 12.0. The molecule has 1 N–H and O–H groups in total. The number of hydrogen-bond acceptors (Lipinski definition) is 3. The van der Waals surface area contributed by atoms with Crippen LogP contribution in [0.1, 0.15) is 26.5 Å². The largest absolute Gasteiger partial charge is 0.512 e. The fraction of sp³-hybridized carbons (Fsp3) is 0.231. The van der Waals surface area contributed by atoms with Crippen molar-refractivity contribution in [3.8, 4) is 0 Å². The van der Waals surface area contributed by atoms with Crippen molar-refractivity contribution in [1.82, 2.24) is 4.98 Å². The molecule has 0 spiro atoms. The summed E-state index contributed by atoms with van der Waals surface area (Å²) in [6.45, 7) is 4.70. The summed E-state index contributed by atoms with van der Waals surface area (Å²) in [6.07, 6.45) is 7.68. The number of rotatable bonds is 2. The third kappa shape index (κ3) is 12.7. The molecule has 3 nitrogen and oxygen atoms in total. The molecule has 0 unspecified atom stereocenters. The number of aliphatic hydroxyl groups is 1. The van der Waals surface area contributed by atoms with Gasteiger partial charge in [0.2, 0.25) is 0 Å². The Labute approximate surface area is 116 Å². The van der Waals surface area contributed by atoms with Gasteiger partial charge in [-0.15, -0.1) is 13.0 Å². The van der Waals surface area contributed by atoms with Gasteiger partial charge in [0, 0.05) is 32.4 Å². The first kappa shape index (κ1) is 18.1. The Morgan fingerprint density at radius 3 is 2.35 bits per heavy atom. The number of carbonyl (C=O) groups excluding carboxylic acids is 1. The number of carbonyl (C=O) groups is 1. The maximum absolute atomic E-state index is 10.0. The summed E-state index contributed by atoms with van der Waals surface area (Å²) in [5, 5.41) is 8.36. The minimum atomic E-state index is -0.125. The van der Waals surface area contributed by atoms with Crippen molar-refractivity contribution in [1.29, 1.82) is 0 Å². The molecule has 0 bridgehead atoms. The van der Waals surface area contributed by atoms with Crippen molar-refractivity contribution < 1.29 is 30.0 Å². The molecule has 4 heteroatoms. The summed E-state index contributed by atoms with van der Waals surface area (Å²) in [5.74, 6) is -0.0625. The molecule has 0 saturated carbocycles. The van der Waals surface area contributed by atoms with Crippen molar-refractivity contribution in [2.24, 2.45) is 0 Å².